The Balaban J connectivity index is 1.86. The average molecular weight is 345 g/mol. The molecule has 2 aromatic rings. The van der Waals surface area contributed by atoms with Crippen LogP contribution in [-0.2, 0) is 12.8 Å². The summed E-state index contributed by atoms with van der Waals surface area (Å²) in [6, 6.07) is 13.5. The summed E-state index contributed by atoms with van der Waals surface area (Å²) in [5.41, 5.74) is 4.16. The Labute approximate surface area is 135 Å². The number of aryl methyl sites for hydroxylation is 1. The lowest BCUT2D eigenvalue weighted by Crippen LogP contribution is -2.26. The maximum absolute atomic E-state index is 4.55. The van der Waals surface area contributed by atoms with Crippen molar-refractivity contribution in [2.24, 2.45) is 5.92 Å². The fraction of sp³-hybridized carbons (Fsp3) is 0.389. The first kappa shape index (κ1) is 14.7. The quantitative estimate of drug-likeness (QED) is 0.839. The molecule has 1 aliphatic rings. The second kappa shape index (κ2) is 6.71. The summed E-state index contributed by atoms with van der Waals surface area (Å²) in [6.07, 6.45) is 6.63. The Morgan fingerprint density at radius 1 is 1.24 bits per heavy atom. The largest absolute Gasteiger partial charge is 0.313 e. The highest BCUT2D eigenvalue weighted by atomic mass is 79.9. The van der Waals surface area contributed by atoms with Gasteiger partial charge >= 0.3 is 0 Å². The van der Waals surface area contributed by atoms with Crippen LogP contribution < -0.4 is 5.32 Å². The zero-order chi connectivity index (χ0) is 14.7. The Hall–Kier alpha value is -1.19. The minimum Gasteiger partial charge on any atom is -0.313 e. The molecule has 2 nitrogen and oxygen atoms in total. The highest BCUT2D eigenvalue weighted by Gasteiger charge is 2.26. The number of nitrogens with zero attached hydrogens (tertiary/aromatic N) is 1. The summed E-state index contributed by atoms with van der Waals surface area (Å²) in [5.74, 6) is 0.604. The van der Waals surface area contributed by atoms with Gasteiger partial charge in [-0.2, -0.15) is 0 Å². The van der Waals surface area contributed by atoms with Gasteiger partial charge in [-0.05, 0) is 77.8 Å². The molecular weight excluding hydrogens is 324 g/mol. The fourth-order valence-corrected chi connectivity index (χ4v) is 3.68. The van der Waals surface area contributed by atoms with Crippen molar-refractivity contribution in [1.82, 2.24) is 10.3 Å². The number of aromatic nitrogens is 1. The average Bonchev–Trinajstić information content (AvgIpc) is 2.68. The van der Waals surface area contributed by atoms with Gasteiger partial charge < -0.3 is 5.32 Å². The SMILES string of the molecule is CNC1c2ccccc2CCCC1Cc1ccc(Br)cn1. The Morgan fingerprint density at radius 3 is 2.86 bits per heavy atom. The third kappa shape index (κ3) is 3.35. The number of hydrogen-bond donors (Lipinski definition) is 1. The maximum atomic E-state index is 4.55. The lowest BCUT2D eigenvalue weighted by Gasteiger charge is -2.26. The van der Waals surface area contributed by atoms with Crippen molar-refractivity contribution < 1.29 is 0 Å². The number of hydrogen-bond acceptors (Lipinski definition) is 2. The highest BCUT2D eigenvalue weighted by molar-refractivity contribution is 9.10. The van der Waals surface area contributed by atoms with Crippen molar-refractivity contribution in [3.05, 3.63) is 63.9 Å². The lowest BCUT2D eigenvalue weighted by atomic mass is 9.87. The van der Waals surface area contributed by atoms with Crippen LogP contribution in [0, 0.1) is 5.92 Å². The number of pyridine rings is 1. The molecule has 0 fully saturated rings. The molecule has 0 saturated heterocycles. The van der Waals surface area contributed by atoms with Crippen LogP contribution in [0.4, 0.5) is 0 Å². The van der Waals surface area contributed by atoms with Gasteiger partial charge in [0.25, 0.3) is 0 Å². The van der Waals surface area contributed by atoms with Gasteiger partial charge in [0, 0.05) is 22.4 Å². The van der Waals surface area contributed by atoms with Gasteiger partial charge in [-0.15, -0.1) is 0 Å². The van der Waals surface area contributed by atoms with E-state index in [2.05, 4.69) is 69.7 Å². The molecule has 110 valence electrons. The molecule has 0 amide bonds. The van der Waals surface area contributed by atoms with E-state index in [4.69, 9.17) is 0 Å². The van der Waals surface area contributed by atoms with E-state index >= 15 is 0 Å². The Kier molecular flexibility index (Phi) is 4.71. The summed E-state index contributed by atoms with van der Waals surface area (Å²) in [6.45, 7) is 0. The zero-order valence-corrected chi connectivity index (χ0v) is 13.9. The number of nitrogens with one attached hydrogen (secondary N) is 1. The molecule has 2 unspecified atom stereocenters. The summed E-state index contributed by atoms with van der Waals surface area (Å²) >= 11 is 3.46. The maximum Gasteiger partial charge on any atom is 0.0413 e. The first-order chi connectivity index (χ1) is 10.3. The van der Waals surface area contributed by atoms with Crippen molar-refractivity contribution in [2.75, 3.05) is 7.05 Å². The molecule has 3 heteroatoms. The second-order valence-electron chi connectivity index (χ2n) is 5.79. The van der Waals surface area contributed by atoms with E-state index in [0.717, 1.165) is 10.9 Å². The fourth-order valence-electron chi connectivity index (χ4n) is 3.45. The molecular formula is C18H21BrN2. The topological polar surface area (TPSA) is 24.9 Å². The van der Waals surface area contributed by atoms with Gasteiger partial charge in [-0.3, -0.25) is 4.98 Å². The van der Waals surface area contributed by atoms with E-state index in [1.165, 1.54) is 36.1 Å². The van der Waals surface area contributed by atoms with E-state index in [9.17, 15) is 0 Å². The van der Waals surface area contributed by atoms with Gasteiger partial charge in [-0.25, -0.2) is 0 Å². The molecule has 1 heterocycles. The zero-order valence-electron chi connectivity index (χ0n) is 12.3. The van der Waals surface area contributed by atoms with Crippen LogP contribution in [0.15, 0.2) is 47.1 Å². The predicted octanol–water partition coefficient (Wildman–Crippen LogP) is 4.30. The first-order valence-electron chi connectivity index (χ1n) is 7.63. The highest BCUT2D eigenvalue weighted by Crippen LogP contribution is 2.34. The third-order valence-electron chi connectivity index (χ3n) is 4.45. The van der Waals surface area contributed by atoms with Crippen molar-refractivity contribution >= 4 is 15.9 Å². The summed E-state index contributed by atoms with van der Waals surface area (Å²) in [5, 5.41) is 3.54. The summed E-state index contributed by atoms with van der Waals surface area (Å²) < 4.78 is 1.04. The minimum absolute atomic E-state index is 0.425. The van der Waals surface area contributed by atoms with Gasteiger partial charge in [0.1, 0.15) is 0 Å². The molecule has 0 saturated carbocycles. The van der Waals surface area contributed by atoms with Crippen molar-refractivity contribution in [2.45, 2.75) is 31.7 Å². The molecule has 1 aliphatic carbocycles. The van der Waals surface area contributed by atoms with Crippen LogP contribution in [0.25, 0.3) is 0 Å². The summed E-state index contributed by atoms with van der Waals surface area (Å²) in [4.78, 5) is 4.55. The standard InChI is InChI=1S/C18H21BrN2/c1-20-18-14(11-16-10-9-15(19)12-21-16)7-4-6-13-5-2-3-8-17(13)18/h2-3,5,8-10,12,14,18,20H,4,6-7,11H2,1H3. The van der Waals surface area contributed by atoms with Crippen LogP contribution in [0.1, 0.15) is 35.7 Å². The molecule has 1 aromatic carbocycles. The molecule has 0 aliphatic heterocycles. The number of benzene rings is 1. The van der Waals surface area contributed by atoms with E-state index in [1.54, 1.807) is 0 Å². The lowest BCUT2D eigenvalue weighted by molar-refractivity contribution is 0.356. The molecule has 3 rings (SSSR count). The molecule has 0 radical (unpaired) electrons. The van der Waals surface area contributed by atoms with Crippen molar-refractivity contribution in [1.29, 1.82) is 0 Å². The van der Waals surface area contributed by atoms with E-state index < -0.39 is 0 Å². The summed E-state index contributed by atoms with van der Waals surface area (Å²) in [7, 11) is 2.08. The van der Waals surface area contributed by atoms with E-state index in [0.29, 0.717) is 12.0 Å². The van der Waals surface area contributed by atoms with Crippen molar-refractivity contribution in [3.8, 4) is 0 Å². The number of fused-ring (bicyclic) bond motifs is 1. The molecule has 0 bridgehead atoms. The van der Waals surface area contributed by atoms with E-state index in [-0.39, 0.29) is 0 Å². The van der Waals surface area contributed by atoms with Crippen LogP contribution in [-0.4, -0.2) is 12.0 Å². The Bertz CT molecular complexity index is 594. The van der Waals surface area contributed by atoms with Gasteiger partial charge in [-0.1, -0.05) is 24.3 Å². The minimum atomic E-state index is 0.425. The third-order valence-corrected chi connectivity index (χ3v) is 4.92. The predicted molar refractivity (Wildman–Crippen MR) is 90.3 cm³/mol. The van der Waals surface area contributed by atoms with Gasteiger partial charge in [0.05, 0.1) is 0 Å². The second-order valence-corrected chi connectivity index (χ2v) is 6.71. The monoisotopic (exact) mass is 344 g/mol. The van der Waals surface area contributed by atoms with Gasteiger partial charge in [0.15, 0.2) is 0 Å². The number of halogens is 1. The van der Waals surface area contributed by atoms with Crippen molar-refractivity contribution in [3.63, 3.8) is 0 Å². The molecule has 1 aromatic heterocycles. The van der Waals surface area contributed by atoms with Crippen LogP contribution in [0.3, 0.4) is 0 Å². The van der Waals surface area contributed by atoms with E-state index in [1.807, 2.05) is 6.20 Å². The smallest absolute Gasteiger partial charge is 0.0413 e. The molecule has 2 atom stereocenters. The normalized spacial score (nSPS) is 21.6. The first-order valence-corrected chi connectivity index (χ1v) is 8.42. The molecule has 21 heavy (non-hydrogen) atoms. The van der Waals surface area contributed by atoms with Crippen LogP contribution >= 0.6 is 15.9 Å². The van der Waals surface area contributed by atoms with Gasteiger partial charge in [0.2, 0.25) is 0 Å². The number of rotatable bonds is 3. The Morgan fingerprint density at radius 2 is 2.10 bits per heavy atom. The van der Waals surface area contributed by atoms with Crippen LogP contribution in [0.2, 0.25) is 0 Å². The van der Waals surface area contributed by atoms with Crippen LogP contribution in [0.5, 0.6) is 0 Å². The molecule has 1 N–H and O–H groups in total. The molecule has 0 spiro atoms.